The molecule has 1 saturated heterocycles. The van der Waals surface area contributed by atoms with Crippen molar-refractivity contribution in [3.8, 4) is 5.75 Å². The predicted octanol–water partition coefficient (Wildman–Crippen LogP) is 3.48. The third kappa shape index (κ3) is 2.68. The van der Waals surface area contributed by atoms with Gasteiger partial charge in [0.15, 0.2) is 0 Å². The van der Waals surface area contributed by atoms with Crippen LogP contribution in [0.4, 0.5) is 4.39 Å². The minimum Gasteiger partial charge on any atom is -0.489 e. The molecule has 0 saturated carbocycles. The normalized spacial score (nSPS) is 17.5. The molecule has 1 atom stereocenters. The van der Waals surface area contributed by atoms with Gasteiger partial charge < -0.3 is 9.47 Å². The van der Waals surface area contributed by atoms with E-state index in [0.29, 0.717) is 6.61 Å². The zero-order chi connectivity index (χ0) is 12.4. The first-order valence-corrected chi connectivity index (χ1v) is 5.90. The molecule has 0 radical (unpaired) electrons. The summed E-state index contributed by atoms with van der Waals surface area (Å²) in [4.78, 5) is 0. The molecule has 3 rings (SSSR count). The van der Waals surface area contributed by atoms with Gasteiger partial charge in [0, 0.05) is 0 Å². The molecule has 0 amide bonds. The van der Waals surface area contributed by atoms with Gasteiger partial charge in [-0.1, -0.05) is 24.3 Å². The first-order chi connectivity index (χ1) is 8.81. The Morgan fingerprint density at radius 3 is 2.33 bits per heavy atom. The van der Waals surface area contributed by atoms with Gasteiger partial charge in [-0.3, -0.25) is 0 Å². The highest BCUT2D eigenvalue weighted by molar-refractivity contribution is 5.30. The Balaban J connectivity index is 1.60. The van der Waals surface area contributed by atoms with Crippen molar-refractivity contribution in [1.82, 2.24) is 0 Å². The van der Waals surface area contributed by atoms with Crippen LogP contribution in [0.2, 0.25) is 0 Å². The highest BCUT2D eigenvalue weighted by atomic mass is 19.1. The van der Waals surface area contributed by atoms with Gasteiger partial charge in [0.2, 0.25) is 0 Å². The molecule has 0 bridgehead atoms. The van der Waals surface area contributed by atoms with E-state index in [2.05, 4.69) is 0 Å². The van der Waals surface area contributed by atoms with Gasteiger partial charge in [0.05, 0.1) is 6.61 Å². The maximum absolute atomic E-state index is 12.7. The minimum absolute atomic E-state index is 0.229. The lowest BCUT2D eigenvalue weighted by molar-refractivity contribution is 0.306. The van der Waals surface area contributed by atoms with Crippen LogP contribution in [0, 0.1) is 5.82 Å². The molecule has 1 aliphatic heterocycles. The Morgan fingerprint density at radius 1 is 1.06 bits per heavy atom. The smallest absolute Gasteiger partial charge is 0.123 e. The summed E-state index contributed by atoms with van der Waals surface area (Å²) in [6, 6.07) is 14.2. The highest BCUT2D eigenvalue weighted by Gasteiger charge is 2.24. The molecule has 1 aliphatic rings. The lowest BCUT2D eigenvalue weighted by Crippen LogP contribution is -1.95. The third-order valence-corrected chi connectivity index (χ3v) is 2.90. The van der Waals surface area contributed by atoms with Crippen LogP contribution in [0.5, 0.6) is 5.75 Å². The first kappa shape index (κ1) is 11.2. The van der Waals surface area contributed by atoms with E-state index in [1.165, 1.54) is 17.7 Å². The monoisotopic (exact) mass is 244 g/mol. The van der Waals surface area contributed by atoms with E-state index in [1.54, 1.807) is 12.1 Å². The summed E-state index contributed by atoms with van der Waals surface area (Å²) in [5.41, 5.74) is 2.13. The topological polar surface area (TPSA) is 21.8 Å². The molecule has 92 valence electrons. The van der Waals surface area contributed by atoms with Crippen molar-refractivity contribution < 1.29 is 13.9 Å². The van der Waals surface area contributed by atoms with Gasteiger partial charge >= 0.3 is 0 Å². The third-order valence-electron chi connectivity index (χ3n) is 2.90. The quantitative estimate of drug-likeness (QED) is 0.768. The second-order valence-corrected chi connectivity index (χ2v) is 4.31. The molecule has 0 N–H and O–H groups in total. The molecule has 2 aromatic carbocycles. The summed E-state index contributed by atoms with van der Waals surface area (Å²) in [6.07, 6.45) is 0.274. The summed E-state index contributed by atoms with van der Waals surface area (Å²) in [5, 5.41) is 0. The van der Waals surface area contributed by atoms with Gasteiger partial charge in [-0.2, -0.15) is 0 Å². The molecule has 2 aromatic rings. The number of rotatable bonds is 4. The van der Waals surface area contributed by atoms with Gasteiger partial charge in [0.25, 0.3) is 0 Å². The molecule has 0 spiro atoms. The summed E-state index contributed by atoms with van der Waals surface area (Å²) < 4.78 is 23.5. The van der Waals surface area contributed by atoms with E-state index in [0.717, 1.165) is 17.9 Å². The van der Waals surface area contributed by atoms with E-state index in [-0.39, 0.29) is 11.9 Å². The average molecular weight is 244 g/mol. The number of ether oxygens (including phenoxy) is 2. The molecule has 1 heterocycles. The molecule has 2 nitrogen and oxygen atoms in total. The Hall–Kier alpha value is -1.87. The molecular formula is C15H13FO2. The summed E-state index contributed by atoms with van der Waals surface area (Å²) >= 11 is 0. The number of halogens is 1. The molecule has 1 fully saturated rings. The Bertz CT molecular complexity index is 515. The lowest BCUT2D eigenvalue weighted by atomic mass is 10.1. The van der Waals surface area contributed by atoms with Crippen molar-refractivity contribution in [2.24, 2.45) is 0 Å². The summed E-state index contributed by atoms with van der Waals surface area (Å²) in [6.45, 7) is 1.26. The Morgan fingerprint density at radius 2 is 1.72 bits per heavy atom. The van der Waals surface area contributed by atoms with Crippen LogP contribution in [-0.4, -0.2) is 6.61 Å². The Labute approximate surface area is 105 Å². The van der Waals surface area contributed by atoms with E-state index in [9.17, 15) is 4.39 Å². The maximum atomic E-state index is 12.7. The van der Waals surface area contributed by atoms with Crippen LogP contribution >= 0.6 is 0 Å². The van der Waals surface area contributed by atoms with Gasteiger partial charge in [-0.15, -0.1) is 0 Å². The molecule has 3 heteroatoms. The van der Waals surface area contributed by atoms with Crippen molar-refractivity contribution in [1.29, 1.82) is 0 Å². The van der Waals surface area contributed by atoms with Crippen molar-refractivity contribution in [3.05, 3.63) is 65.5 Å². The lowest BCUT2D eigenvalue weighted by Gasteiger charge is -2.06. The fourth-order valence-corrected chi connectivity index (χ4v) is 1.77. The van der Waals surface area contributed by atoms with Crippen LogP contribution < -0.4 is 4.74 Å². The van der Waals surface area contributed by atoms with Crippen LogP contribution in [0.15, 0.2) is 48.5 Å². The maximum Gasteiger partial charge on any atom is 0.123 e. The van der Waals surface area contributed by atoms with Gasteiger partial charge in [-0.25, -0.2) is 4.39 Å². The van der Waals surface area contributed by atoms with E-state index < -0.39 is 0 Å². The van der Waals surface area contributed by atoms with Crippen molar-refractivity contribution in [2.45, 2.75) is 12.7 Å². The van der Waals surface area contributed by atoms with Crippen LogP contribution in [0.1, 0.15) is 17.2 Å². The summed E-state index contributed by atoms with van der Waals surface area (Å²) in [7, 11) is 0. The second kappa shape index (κ2) is 4.78. The van der Waals surface area contributed by atoms with Gasteiger partial charge in [0.1, 0.15) is 24.3 Å². The zero-order valence-corrected chi connectivity index (χ0v) is 9.80. The largest absolute Gasteiger partial charge is 0.489 e. The van der Waals surface area contributed by atoms with Crippen LogP contribution in [-0.2, 0) is 11.3 Å². The first-order valence-electron chi connectivity index (χ1n) is 5.90. The molecule has 0 aliphatic carbocycles. The number of benzene rings is 2. The Kier molecular flexibility index (Phi) is 2.99. The standard InChI is InChI=1S/C15H13FO2/c16-13-5-1-11(2-6-13)9-17-14-7-3-12(4-8-14)15-10-18-15/h1-8,15H,9-10H2/t15-/m1/s1. The second-order valence-electron chi connectivity index (χ2n) is 4.31. The predicted molar refractivity (Wildman–Crippen MR) is 65.9 cm³/mol. The zero-order valence-electron chi connectivity index (χ0n) is 9.80. The highest BCUT2D eigenvalue weighted by Crippen LogP contribution is 2.30. The summed E-state index contributed by atoms with van der Waals surface area (Å²) in [5.74, 6) is 0.580. The van der Waals surface area contributed by atoms with E-state index >= 15 is 0 Å². The molecule has 18 heavy (non-hydrogen) atoms. The molecule has 0 aromatic heterocycles. The molecular weight excluding hydrogens is 231 g/mol. The van der Waals surface area contributed by atoms with Gasteiger partial charge in [-0.05, 0) is 35.4 Å². The van der Waals surface area contributed by atoms with E-state index in [4.69, 9.17) is 9.47 Å². The van der Waals surface area contributed by atoms with E-state index in [1.807, 2.05) is 24.3 Å². The van der Waals surface area contributed by atoms with Crippen molar-refractivity contribution in [2.75, 3.05) is 6.61 Å². The fraction of sp³-hybridized carbons (Fsp3) is 0.200. The fourth-order valence-electron chi connectivity index (χ4n) is 1.77. The SMILES string of the molecule is Fc1ccc(COc2ccc([C@H]3CO3)cc2)cc1. The molecule has 0 unspecified atom stereocenters. The van der Waals surface area contributed by atoms with Crippen molar-refractivity contribution >= 4 is 0 Å². The van der Waals surface area contributed by atoms with Crippen LogP contribution in [0.25, 0.3) is 0 Å². The number of hydrogen-bond donors (Lipinski definition) is 0. The van der Waals surface area contributed by atoms with Crippen LogP contribution in [0.3, 0.4) is 0 Å². The average Bonchev–Trinajstić information content (AvgIpc) is 3.23. The number of epoxide rings is 1. The number of hydrogen-bond acceptors (Lipinski definition) is 2. The minimum atomic E-state index is -0.229. The van der Waals surface area contributed by atoms with Crippen molar-refractivity contribution in [3.63, 3.8) is 0 Å².